The van der Waals surface area contributed by atoms with E-state index in [1.807, 2.05) is 6.92 Å². The van der Waals surface area contributed by atoms with Crippen LogP contribution in [0.25, 0.3) is 0 Å². The van der Waals surface area contributed by atoms with Crippen LogP contribution in [0, 0.1) is 0 Å². The predicted molar refractivity (Wildman–Crippen MR) is 66.3 cm³/mol. The van der Waals surface area contributed by atoms with Crippen molar-refractivity contribution in [1.82, 2.24) is 5.32 Å². The average molecular weight is 260 g/mol. The minimum absolute atomic E-state index is 0.197. The number of alkyl halides is 1. The Morgan fingerprint density at radius 1 is 1.47 bits per heavy atom. The molecule has 1 N–H and O–H groups in total. The molecule has 0 unspecified atom stereocenters. The van der Waals surface area contributed by atoms with Gasteiger partial charge < -0.3 is 14.5 Å². The van der Waals surface area contributed by atoms with E-state index in [4.69, 9.17) is 20.8 Å². The Balaban J connectivity index is 2.16. The largest absolute Gasteiger partial charge is 0.455 e. The van der Waals surface area contributed by atoms with Crippen molar-refractivity contribution < 1.29 is 13.9 Å². The summed E-state index contributed by atoms with van der Waals surface area (Å²) in [5.74, 6) is 0.998. The van der Waals surface area contributed by atoms with Crippen LogP contribution in [-0.2, 0) is 10.6 Å². The molecule has 1 aromatic heterocycles. The normalized spacial score (nSPS) is 10.5. The van der Waals surface area contributed by atoms with E-state index >= 15 is 0 Å². The highest BCUT2D eigenvalue weighted by Gasteiger charge is 2.09. The van der Waals surface area contributed by atoms with Gasteiger partial charge in [0.1, 0.15) is 5.76 Å². The van der Waals surface area contributed by atoms with Gasteiger partial charge in [-0.3, -0.25) is 4.79 Å². The number of rotatable bonds is 8. The first-order valence-corrected chi connectivity index (χ1v) is 6.32. The highest BCUT2D eigenvalue weighted by atomic mass is 35.5. The van der Waals surface area contributed by atoms with Gasteiger partial charge in [-0.25, -0.2) is 0 Å². The molecule has 1 heterocycles. The summed E-state index contributed by atoms with van der Waals surface area (Å²) in [6.45, 7) is 4.07. The Bertz CT molecular complexity index is 338. The molecular weight excluding hydrogens is 242 g/mol. The predicted octanol–water partition coefficient (Wildman–Crippen LogP) is 2.56. The first kappa shape index (κ1) is 14.1. The Morgan fingerprint density at radius 3 is 2.94 bits per heavy atom. The second-order valence-corrected chi connectivity index (χ2v) is 3.83. The van der Waals surface area contributed by atoms with E-state index in [0.29, 0.717) is 18.1 Å². The van der Waals surface area contributed by atoms with Crippen LogP contribution in [0.3, 0.4) is 0 Å². The SMILES string of the molecule is CCOCCCCNC(=O)c1ccc(CCl)o1. The lowest BCUT2D eigenvalue weighted by Crippen LogP contribution is -2.24. The summed E-state index contributed by atoms with van der Waals surface area (Å²) in [4.78, 5) is 11.6. The van der Waals surface area contributed by atoms with Crippen LogP contribution in [0.15, 0.2) is 16.5 Å². The molecule has 0 radical (unpaired) electrons. The molecule has 0 aliphatic rings. The highest BCUT2D eigenvalue weighted by Crippen LogP contribution is 2.09. The number of nitrogens with one attached hydrogen (secondary N) is 1. The molecular formula is C12H18ClNO3. The first-order chi connectivity index (χ1) is 8.27. The van der Waals surface area contributed by atoms with Gasteiger partial charge in [0.05, 0.1) is 5.88 Å². The maximum absolute atomic E-state index is 11.6. The molecule has 1 amide bonds. The van der Waals surface area contributed by atoms with Gasteiger partial charge >= 0.3 is 0 Å². The Labute approximate surface area is 106 Å². The lowest BCUT2D eigenvalue weighted by atomic mass is 10.3. The lowest BCUT2D eigenvalue weighted by Gasteiger charge is -2.03. The number of hydrogen-bond acceptors (Lipinski definition) is 3. The maximum Gasteiger partial charge on any atom is 0.286 e. The third-order valence-electron chi connectivity index (χ3n) is 2.22. The van der Waals surface area contributed by atoms with E-state index in [-0.39, 0.29) is 11.8 Å². The van der Waals surface area contributed by atoms with Crippen molar-refractivity contribution in [2.75, 3.05) is 19.8 Å². The molecule has 96 valence electrons. The van der Waals surface area contributed by atoms with Crippen LogP contribution in [-0.4, -0.2) is 25.7 Å². The van der Waals surface area contributed by atoms with E-state index < -0.39 is 0 Å². The molecule has 0 saturated heterocycles. The number of unbranched alkanes of at least 4 members (excludes halogenated alkanes) is 1. The van der Waals surface area contributed by atoms with Crippen LogP contribution in [0.2, 0.25) is 0 Å². The molecule has 0 bridgehead atoms. The summed E-state index contributed by atoms with van der Waals surface area (Å²) in [6.07, 6.45) is 1.84. The van der Waals surface area contributed by atoms with Gasteiger partial charge in [0.25, 0.3) is 5.91 Å². The van der Waals surface area contributed by atoms with Crippen LogP contribution in [0.5, 0.6) is 0 Å². The Hall–Kier alpha value is -1.00. The fraction of sp³-hybridized carbons (Fsp3) is 0.583. The molecule has 0 spiro atoms. The molecule has 0 aliphatic carbocycles. The summed E-state index contributed by atoms with van der Waals surface area (Å²) < 4.78 is 10.4. The van der Waals surface area contributed by atoms with Crippen LogP contribution < -0.4 is 5.32 Å². The first-order valence-electron chi connectivity index (χ1n) is 5.78. The molecule has 0 fully saturated rings. The summed E-state index contributed by atoms with van der Waals surface area (Å²) in [5, 5.41) is 2.78. The van der Waals surface area contributed by atoms with E-state index in [1.54, 1.807) is 12.1 Å². The number of halogens is 1. The Kier molecular flexibility index (Phi) is 6.74. The van der Waals surface area contributed by atoms with Gasteiger partial charge in [-0.2, -0.15) is 0 Å². The van der Waals surface area contributed by atoms with Crippen LogP contribution in [0.1, 0.15) is 36.1 Å². The second kappa shape index (κ2) is 8.14. The third kappa shape index (κ3) is 5.24. The molecule has 17 heavy (non-hydrogen) atoms. The fourth-order valence-electron chi connectivity index (χ4n) is 1.33. The monoisotopic (exact) mass is 259 g/mol. The zero-order chi connectivity index (χ0) is 12.5. The molecule has 0 saturated carbocycles. The number of ether oxygens (including phenoxy) is 1. The second-order valence-electron chi connectivity index (χ2n) is 3.56. The Morgan fingerprint density at radius 2 is 2.29 bits per heavy atom. The standard InChI is InChI=1S/C12H18ClNO3/c1-2-16-8-4-3-7-14-12(15)11-6-5-10(9-13)17-11/h5-6H,2-4,7-9H2,1H3,(H,14,15). The minimum Gasteiger partial charge on any atom is -0.455 e. The van der Waals surface area contributed by atoms with Crippen molar-refractivity contribution in [2.45, 2.75) is 25.6 Å². The quantitative estimate of drug-likeness (QED) is 0.577. The number of furan rings is 1. The number of carbonyl (C=O) groups is 1. The summed E-state index contributed by atoms with van der Waals surface area (Å²) in [5.41, 5.74) is 0. The number of hydrogen-bond donors (Lipinski definition) is 1. The maximum atomic E-state index is 11.6. The molecule has 4 nitrogen and oxygen atoms in total. The molecule has 5 heteroatoms. The third-order valence-corrected chi connectivity index (χ3v) is 2.49. The molecule has 0 atom stereocenters. The van der Waals surface area contributed by atoms with Crippen molar-refractivity contribution in [3.8, 4) is 0 Å². The van der Waals surface area contributed by atoms with Crippen molar-refractivity contribution in [1.29, 1.82) is 0 Å². The van der Waals surface area contributed by atoms with E-state index in [2.05, 4.69) is 5.32 Å². The van der Waals surface area contributed by atoms with Gasteiger partial charge in [-0.05, 0) is 31.9 Å². The van der Waals surface area contributed by atoms with Crippen molar-refractivity contribution in [3.05, 3.63) is 23.7 Å². The molecule has 1 rings (SSSR count). The smallest absolute Gasteiger partial charge is 0.286 e. The highest BCUT2D eigenvalue weighted by molar-refractivity contribution is 6.16. The van der Waals surface area contributed by atoms with Crippen LogP contribution in [0.4, 0.5) is 0 Å². The van der Waals surface area contributed by atoms with Gasteiger partial charge in [0.15, 0.2) is 5.76 Å². The molecule has 0 aromatic carbocycles. The van der Waals surface area contributed by atoms with E-state index in [1.165, 1.54) is 0 Å². The van der Waals surface area contributed by atoms with Gasteiger partial charge in [-0.15, -0.1) is 11.6 Å². The molecule has 0 aliphatic heterocycles. The van der Waals surface area contributed by atoms with Crippen molar-refractivity contribution >= 4 is 17.5 Å². The van der Waals surface area contributed by atoms with Crippen molar-refractivity contribution in [3.63, 3.8) is 0 Å². The number of amides is 1. The minimum atomic E-state index is -0.197. The lowest BCUT2D eigenvalue weighted by molar-refractivity contribution is 0.0920. The summed E-state index contributed by atoms with van der Waals surface area (Å²) >= 11 is 5.58. The van der Waals surface area contributed by atoms with Gasteiger partial charge in [-0.1, -0.05) is 0 Å². The zero-order valence-corrected chi connectivity index (χ0v) is 10.8. The van der Waals surface area contributed by atoms with Crippen LogP contribution >= 0.6 is 11.6 Å². The van der Waals surface area contributed by atoms with E-state index in [9.17, 15) is 4.79 Å². The van der Waals surface area contributed by atoms with Gasteiger partial charge in [0.2, 0.25) is 0 Å². The fourth-order valence-corrected chi connectivity index (χ4v) is 1.48. The zero-order valence-electron chi connectivity index (χ0n) is 10.0. The van der Waals surface area contributed by atoms with Crippen molar-refractivity contribution in [2.24, 2.45) is 0 Å². The average Bonchev–Trinajstić information content (AvgIpc) is 2.82. The van der Waals surface area contributed by atoms with E-state index in [0.717, 1.165) is 26.1 Å². The topological polar surface area (TPSA) is 51.5 Å². The number of carbonyl (C=O) groups excluding carboxylic acids is 1. The van der Waals surface area contributed by atoms with Gasteiger partial charge in [0, 0.05) is 19.8 Å². The summed E-state index contributed by atoms with van der Waals surface area (Å²) in [6, 6.07) is 3.34. The molecule has 1 aromatic rings. The summed E-state index contributed by atoms with van der Waals surface area (Å²) in [7, 11) is 0.